The van der Waals surface area contributed by atoms with Crippen molar-refractivity contribution in [2.75, 3.05) is 0 Å². The lowest BCUT2D eigenvalue weighted by molar-refractivity contribution is 0.0588. The smallest absolute Gasteiger partial charge is 0.180 e. The van der Waals surface area contributed by atoms with Crippen LogP contribution in [-0.2, 0) is 6.54 Å². The molecular weight excluding hydrogens is 252 g/mol. The Balaban J connectivity index is 0.000000612. The van der Waals surface area contributed by atoms with E-state index in [-0.39, 0.29) is 5.78 Å². The summed E-state index contributed by atoms with van der Waals surface area (Å²) in [6, 6.07) is 7.56. The molecule has 0 radical (unpaired) electrons. The van der Waals surface area contributed by atoms with Crippen LogP contribution in [0.4, 0.5) is 0 Å². The molecule has 0 spiro atoms. The van der Waals surface area contributed by atoms with Crippen molar-refractivity contribution in [2.45, 2.75) is 53.2 Å². The van der Waals surface area contributed by atoms with E-state index in [0.29, 0.717) is 12.2 Å². The van der Waals surface area contributed by atoms with Gasteiger partial charge in [0.15, 0.2) is 5.78 Å². The van der Waals surface area contributed by atoms with Gasteiger partial charge in [-0.15, -0.1) is 0 Å². The fraction of sp³-hybridized carbons (Fsp3) is 0.500. The molecule has 0 aliphatic carbocycles. The van der Waals surface area contributed by atoms with Gasteiger partial charge in [-0.25, -0.2) is 0 Å². The summed E-state index contributed by atoms with van der Waals surface area (Å²) in [5.41, 5.74) is 0.479. The third-order valence-corrected chi connectivity index (χ3v) is 2.53. The number of Topliss-reactive ketones (excluding diaryl/α,β-unsaturated/α-hetero) is 1. The molecule has 4 nitrogen and oxygen atoms in total. The minimum absolute atomic E-state index is 0.0595. The number of hydrogen-bond acceptors (Lipinski definition) is 3. The number of ketones is 1. The third-order valence-electron chi connectivity index (χ3n) is 2.53. The SMILES string of the molecule is CC(=O)c1nn(CC(C)(C)O)c2ccccc12.CCC. The minimum atomic E-state index is -0.858. The van der Waals surface area contributed by atoms with E-state index in [9.17, 15) is 9.90 Å². The molecule has 1 heterocycles. The number of carbonyl (C=O) groups excluding carboxylic acids is 1. The van der Waals surface area contributed by atoms with Crippen LogP contribution in [0.2, 0.25) is 0 Å². The van der Waals surface area contributed by atoms with Gasteiger partial charge in [-0.1, -0.05) is 38.5 Å². The maximum Gasteiger partial charge on any atom is 0.180 e. The Bertz CT molecular complexity index is 580. The van der Waals surface area contributed by atoms with E-state index >= 15 is 0 Å². The van der Waals surface area contributed by atoms with Crippen LogP contribution in [0.15, 0.2) is 24.3 Å². The monoisotopic (exact) mass is 276 g/mol. The molecule has 4 heteroatoms. The van der Waals surface area contributed by atoms with Gasteiger partial charge in [-0.2, -0.15) is 5.10 Å². The van der Waals surface area contributed by atoms with Gasteiger partial charge >= 0.3 is 0 Å². The lowest BCUT2D eigenvalue weighted by Gasteiger charge is -2.17. The summed E-state index contributed by atoms with van der Waals surface area (Å²) >= 11 is 0. The van der Waals surface area contributed by atoms with Crippen LogP contribution in [-0.4, -0.2) is 26.3 Å². The molecule has 2 aromatic rings. The normalized spacial score (nSPS) is 11.1. The lowest BCUT2D eigenvalue weighted by atomic mass is 10.1. The number of carbonyl (C=O) groups is 1. The number of rotatable bonds is 3. The molecule has 0 saturated heterocycles. The lowest BCUT2D eigenvalue weighted by Crippen LogP contribution is -2.26. The first-order valence-corrected chi connectivity index (χ1v) is 6.99. The molecule has 0 bridgehead atoms. The Morgan fingerprint density at radius 1 is 1.30 bits per heavy atom. The molecule has 0 unspecified atom stereocenters. The van der Waals surface area contributed by atoms with E-state index in [0.717, 1.165) is 10.9 Å². The number of aliphatic hydroxyl groups is 1. The molecule has 20 heavy (non-hydrogen) atoms. The van der Waals surface area contributed by atoms with Gasteiger partial charge in [0.2, 0.25) is 0 Å². The Hall–Kier alpha value is -1.68. The van der Waals surface area contributed by atoms with E-state index < -0.39 is 5.60 Å². The molecular formula is C16H24N2O2. The Kier molecular flexibility index (Phi) is 5.45. The maximum atomic E-state index is 11.5. The zero-order valence-electron chi connectivity index (χ0n) is 13.0. The fourth-order valence-corrected chi connectivity index (χ4v) is 1.87. The molecule has 1 aromatic carbocycles. The number of hydrogen-bond donors (Lipinski definition) is 1. The van der Waals surface area contributed by atoms with Gasteiger partial charge in [-0.3, -0.25) is 9.48 Å². The van der Waals surface area contributed by atoms with Crippen LogP contribution in [0.3, 0.4) is 0 Å². The zero-order valence-corrected chi connectivity index (χ0v) is 13.0. The highest BCUT2D eigenvalue weighted by molar-refractivity contribution is 6.04. The highest BCUT2D eigenvalue weighted by Gasteiger charge is 2.19. The molecule has 0 saturated carbocycles. The van der Waals surface area contributed by atoms with Crippen LogP contribution in [0, 0.1) is 0 Å². The van der Waals surface area contributed by atoms with Gasteiger partial charge < -0.3 is 5.11 Å². The van der Waals surface area contributed by atoms with Gasteiger partial charge in [0, 0.05) is 12.3 Å². The highest BCUT2D eigenvalue weighted by Crippen LogP contribution is 2.20. The predicted octanol–water partition coefficient (Wildman–Crippen LogP) is 3.43. The molecule has 0 aliphatic heterocycles. The van der Waals surface area contributed by atoms with Crippen molar-refractivity contribution < 1.29 is 9.90 Å². The number of benzene rings is 1. The van der Waals surface area contributed by atoms with Crippen LogP contribution >= 0.6 is 0 Å². The van der Waals surface area contributed by atoms with Gasteiger partial charge in [-0.05, 0) is 19.9 Å². The van der Waals surface area contributed by atoms with Crippen molar-refractivity contribution in [2.24, 2.45) is 0 Å². The van der Waals surface area contributed by atoms with Crippen LogP contribution in [0.25, 0.3) is 10.9 Å². The minimum Gasteiger partial charge on any atom is -0.389 e. The summed E-state index contributed by atoms with van der Waals surface area (Å²) in [4.78, 5) is 11.5. The Morgan fingerprint density at radius 3 is 2.35 bits per heavy atom. The summed E-state index contributed by atoms with van der Waals surface area (Å²) in [6.07, 6.45) is 1.25. The predicted molar refractivity (Wildman–Crippen MR) is 82.0 cm³/mol. The van der Waals surface area contributed by atoms with Crippen molar-refractivity contribution in [3.63, 3.8) is 0 Å². The standard InChI is InChI=1S/C13H16N2O2.C3H8/c1-9(16)12-10-6-4-5-7-11(10)15(14-12)8-13(2,3)17;1-3-2/h4-7,17H,8H2,1-3H3;3H2,1-2H3. The Morgan fingerprint density at radius 2 is 1.85 bits per heavy atom. The van der Waals surface area contributed by atoms with E-state index in [1.807, 2.05) is 24.3 Å². The molecule has 1 aromatic heterocycles. The molecule has 1 N–H and O–H groups in total. The van der Waals surface area contributed by atoms with Crippen LogP contribution in [0.5, 0.6) is 0 Å². The van der Waals surface area contributed by atoms with E-state index in [1.165, 1.54) is 13.3 Å². The largest absolute Gasteiger partial charge is 0.389 e. The second-order valence-electron chi connectivity index (χ2n) is 5.60. The summed E-state index contributed by atoms with van der Waals surface area (Å²) in [7, 11) is 0. The first kappa shape index (κ1) is 16.4. The van der Waals surface area contributed by atoms with Crippen molar-refractivity contribution in [1.82, 2.24) is 9.78 Å². The molecule has 0 amide bonds. The number of aromatic nitrogens is 2. The van der Waals surface area contributed by atoms with E-state index in [2.05, 4.69) is 18.9 Å². The first-order valence-electron chi connectivity index (χ1n) is 6.99. The molecule has 110 valence electrons. The van der Waals surface area contributed by atoms with Gasteiger partial charge in [0.25, 0.3) is 0 Å². The number of fused-ring (bicyclic) bond motifs is 1. The maximum absolute atomic E-state index is 11.5. The number of para-hydroxylation sites is 1. The second-order valence-corrected chi connectivity index (χ2v) is 5.60. The molecule has 0 fully saturated rings. The zero-order chi connectivity index (χ0) is 15.3. The summed E-state index contributed by atoms with van der Waals surface area (Å²) in [5.74, 6) is -0.0595. The topological polar surface area (TPSA) is 55.1 Å². The molecule has 0 aliphatic rings. The average Bonchev–Trinajstić information content (AvgIpc) is 2.68. The van der Waals surface area contributed by atoms with Crippen molar-refractivity contribution in [3.05, 3.63) is 30.0 Å². The molecule has 0 atom stereocenters. The average molecular weight is 276 g/mol. The quantitative estimate of drug-likeness (QED) is 0.874. The fourth-order valence-electron chi connectivity index (χ4n) is 1.87. The highest BCUT2D eigenvalue weighted by atomic mass is 16.3. The summed E-state index contributed by atoms with van der Waals surface area (Å²) < 4.78 is 1.69. The first-order chi connectivity index (χ1) is 9.30. The van der Waals surface area contributed by atoms with Gasteiger partial charge in [0.1, 0.15) is 5.69 Å². The van der Waals surface area contributed by atoms with Crippen molar-refractivity contribution in [3.8, 4) is 0 Å². The van der Waals surface area contributed by atoms with Crippen molar-refractivity contribution >= 4 is 16.7 Å². The van der Waals surface area contributed by atoms with Crippen LogP contribution < -0.4 is 0 Å². The van der Waals surface area contributed by atoms with Crippen molar-refractivity contribution in [1.29, 1.82) is 0 Å². The van der Waals surface area contributed by atoms with E-state index in [1.54, 1.807) is 18.5 Å². The van der Waals surface area contributed by atoms with Gasteiger partial charge in [0.05, 0.1) is 17.7 Å². The summed E-state index contributed by atoms with van der Waals surface area (Å²) in [5, 5.41) is 15.0. The summed E-state index contributed by atoms with van der Waals surface area (Å²) in [6.45, 7) is 9.55. The number of nitrogens with zero attached hydrogens (tertiary/aromatic N) is 2. The van der Waals surface area contributed by atoms with Crippen LogP contribution in [0.1, 0.15) is 51.5 Å². The Labute approximate surface area is 120 Å². The molecule has 2 rings (SSSR count). The van der Waals surface area contributed by atoms with E-state index in [4.69, 9.17) is 0 Å². The second kappa shape index (κ2) is 6.66. The third kappa shape index (κ3) is 4.17.